The van der Waals surface area contributed by atoms with E-state index in [9.17, 15) is 18.4 Å². The maximum absolute atomic E-state index is 12.8. The maximum Gasteiger partial charge on any atom is 0.409 e. The normalized spacial score (nSPS) is 15.1. The molecule has 24 heavy (non-hydrogen) atoms. The molecule has 10 heteroatoms. The molecule has 7 nitrogen and oxygen atoms in total. The molecular formula is C14H19ClF2N4O3. The Kier molecular flexibility index (Phi) is 5.98. The molecule has 2 amide bonds. The summed E-state index contributed by atoms with van der Waals surface area (Å²) in [7, 11) is 0. The van der Waals surface area contributed by atoms with Crippen molar-refractivity contribution in [1.29, 1.82) is 0 Å². The summed E-state index contributed by atoms with van der Waals surface area (Å²) in [5.41, 5.74) is -0.195. The second kappa shape index (κ2) is 7.78. The SMILES string of the molecule is CCOC(=O)N1CCN(C(=O)Cn2nc(C(F)F)c(Cl)c2C)CC1. The lowest BCUT2D eigenvalue weighted by Gasteiger charge is -2.34. The number of nitrogens with zero attached hydrogens (tertiary/aromatic N) is 4. The van der Waals surface area contributed by atoms with Crippen LogP contribution in [0.15, 0.2) is 0 Å². The first-order valence-electron chi connectivity index (χ1n) is 7.55. The van der Waals surface area contributed by atoms with Crippen molar-refractivity contribution < 1.29 is 23.1 Å². The van der Waals surface area contributed by atoms with Crippen LogP contribution in [0.2, 0.25) is 5.02 Å². The van der Waals surface area contributed by atoms with Gasteiger partial charge in [-0.3, -0.25) is 9.48 Å². The minimum Gasteiger partial charge on any atom is -0.450 e. The van der Waals surface area contributed by atoms with Crippen LogP contribution in [0.4, 0.5) is 13.6 Å². The molecule has 1 aromatic rings. The van der Waals surface area contributed by atoms with Gasteiger partial charge in [-0.25, -0.2) is 13.6 Å². The summed E-state index contributed by atoms with van der Waals surface area (Å²) < 4.78 is 31.7. The van der Waals surface area contributed by atoms with Crippen LogP contribution in [0.25, 0.3) is 0 Å². The molecule has 1 saturated heterocycles. The zero-order valence-corrected chi connectivity index (χ0v) is 14.2. The molecule has 1 aliphatic rings. The highest BCUT2D eigenvalue weighted by Gasteiger charge is 2.27. The van der Waals surface area contributed by atoms with Crippen LogP contribution in [0.3, 0.4) is 0 Å². The summed E-state index contributed by atoms with van der Waals surface area (Å²) in [4.78, 5) is 27.0. The van der Waals surface area contributed by atoms with Gasteiger partial charge < -0.3 is 14.5 Å². The van der Waals surface area contributed by atoms with Crippen LogP contribution in [0, 0.1) is 6.92 Å². The molecule has 2 heterocycles. The molecule has 0 aromatic carbocycles. The first kappa shape index (κ1) is 18.4. The summed E-state index contributed by atoms with van der Waals surface area (Å²) in [5, 5.41) is 3.59. The fourth-order valence-corrected chi connectivity index (χ4v) is 2.64. The lowest BCUT2D eigenvalue weighted by Crippen LogP contribution is -2.51. The van der Waals surface area contributed by atoms with Crippen LogP contribution in [0.5, 0.6) is 0 Å². The van der Waals surface area contributed by atoms with E-state index in [1.54, 1.807) is 11.8 Å². The van der Waals surface area contributed by atoms with Gasteiger partial charge in [-0.05, 0) is 13.8 Å². The molecule has 0 spiro atoms. The van der Waals surface area contributed by atoms with Gasteiger partial charge in [-0.1, -0.05) is 11.6 Å². The number of amides is 2. The molecule has 134 valence electrons. The standard InChI is InChI=1S/C14H19ClF2N4O3/c1-3-24-14(23)20-6-4-19(5-7-20)10(22)8-21-9(2)11(15)12(18-21)13(16)17/h13H,3-8H2,1-2H3. The third kappa shape index (κ3) is 3.95. The van der Waals surface area contributed by atoms with E-state index in [1.165, 1.54) is 16.5 Å². The molecule has 0 N–H and O–H groups in total. The fraction of sp³-hybridized carbons (Fsp3) is 0.643. The van der Waals surface area contributed by atoms with E-state index in [2.05, 4.69) is 5.10 Å². The van der Waals surface area contributed by atoms with Crippen LogP contribution in [0.1, 0.15) is 24.7 Å². The number of aromatic nitrogens is 2. The molecule has 1 fully saturated rings. The van der Waals surface area contributed by atoms with Crippen LogP contribution >= 0.6 is 11.6 Å². The number of alkyl halides is 2. The Morgan fingerprint density at radius 2 is 1.83 bits per heavy atom. The van der Waals surface area contributed by atoms with E-state index in [-0.39, 0.29) is 17.5 Å². The number of hydrogen-bond acceptors (Lipinski definition) is 4. The van der Waals surface area contributed by atoms with Gasteiger partial charge in [0.2, 0.25) is 5.91 Å². The number of piperazine rings is 1. The van der Waals surface area contributed by atoms with Gasteiger partial charge >= 0.3 is 6.09 Å². The molecular weight excluding hydrogens is 346 g/mol. The Hall–Kier alpha value is -1.90. The van der Waals surface area contributed by atoms with E-state index in [0.29, 0.717) is 38.5 Å². The van der Waals surface area contributed by atoms with Crippen molar-refractivity contribution >= 4 is 23.6 Å². The first-order valence-corrected chi connectivity index (χ1v) is 7.93. The lowest BCUT2D eigenvalue weighted by atomic mass is 10.3. The van der Waals surface area contributed by atoms with Crippen molar-refractivity contribution in [1.82, 2.24) is 19.6 Å². The number of rotatable bonds is 4. The summed E-state index contributed by atoms with van der Waals surface area (Å²) in [6, 6.07) is 0. The summed E-state index contributed by atoms with van der Waals surface area (Å²) in [6.07, 6.45) is -3.19. The monoisotopic (exact) mass is 364 g/mol. The van der Waals surface area contributed by atoms with Gasteiger partial charge in [-0.2, -0.15) is 5.10 Å². The lowest BCUT2D eigenvalue weighted by molar-refractivity contribution is -0.133. The predicted molar refractivity (Wildman–Crippen MR) is 82.1 cm³/mol. The molecule has 1 aliphatic heterocycles. The number of hydrogen-bond donors (Lipinski definition) is 0. The Morgan fingerprint density at radius 1 is 1.25 bits per heavy atom. The van der Waals surface area contributed by atoms with E-state index < -0.39 is 18.2 Å². The largest absolute Gasteiger partial charge is 0.450 e. The maximum atomic E-state index is 12.8. The molecule has 0 bridgehead atoms. The first-order chi connectivity index (χ1) is 11.3. The van der Waals surface area contributed by atoms with Gasteiger partial charge in [0.15, 0.2) is 0 Å². The van der Waals surface area contributed by atoms with Crippen molar-refractivity contribution in [2.45, 2.75) is 26.8 Å². The zero-order valence-electron chi connectivity index (χ0n) is 13.5. The Bertz CT molecular complexity index is 615. The van der Waals surface area contributed by atoms with Gasteiger partial charge in [0.25, 0.3) is 6.43 Å². The summed E-state index contributed by atoms with van der Waals surface area (Å²) in [6.45, 7) is 4.83. The second-order valence-electron chi connectivity index (χ2n) is 5.31. The Balaban J connectivity index is 1.95. The molecule has 0 saturated carbocycles. The third-order valence-electron chi connectivity index (χ3n) is 3.81. The van der Waals surface area contributed by atoms with E-state index >= 15 is 0 Å². The fourth-order valence-electron chi connectivity index (χ4n) is 2.42. The molecule has 0 unspecified atom stereocenters. The van der Waals surface area contributed by atoms with Gasteiger partial charge in [0.05, 0.1) is 17.3 Å². The van der Waals surface area contributed by atoms with Crippen LogP contribution in [-0.2, 0) is 16.1 Å². The van der Waals surface area contributed by atoms with Crippen molar-refractivity contribution in [3.63, 3.8) is 0 Å². The average Bonchev–Trinajstić information content (AvgIpc) is 2.84. The quantitative estimate of drug-likeness (QED) is 0.820. The average molecular weight is 365 g/mol. The van der Waals surface area contributed by atoms with E-state index in [4.69, 9.17) is 16.3 Å². The minimum absolute atomic E-state index is 0.120. The Morgan fingerprint density at radius 3 is 2.33 bits per heavy atom. The summed E-state index contributed by atoms with van der Waals surface area (Å²) >= 11 is 5.82. The minimum atomic E-state index is -2.79. The van der Waals surface area contributed by atoms with Crippen LogP contribution in [-0.4, -0.2) is 64.4 Å². The van der Waals surface area contributed by atoms with Crippen molar-refractivity contribution in [3.8, 4) is 0 Å². The third-order valence-corrected chi connectivity index (χ3v) is 4.28. The molecule has 2 rings (SSSR count). The topological polar surface area (TPSA) is 67.7 Å². The molecule has 0 atom stereocenters. The summed E-state index contributed by atoms with van der Waals surface area (Å²) in [5.74, 6) is -0.262. The zero-order chi connectivity index (χ0) is 17.9. The number of carbonyl (C=O) groups excluding carboxylic acids is 2. The van der Waals surface area contributed by atoms with E-state index in [0.717, 1.165) is 0 Å². The van der Waals surface area contributed by atoms with Crippen molar-refractivity contribution in [3.05, 3.63) is 16.4 Å². The molecule has 1 aromatic heterocycles. The smallest absolute Gasteiger partial charge is 0.409 e. The predicted octanol–water partition coefficient (Wildman–Crippen LogP) is 2.08. The van der Waals surface area contributed by atoms with Gasteiger partial charge in [-0.15, -0.1) is 0 Å². The highest BCUT2D eigenvalue weighted by Crippen LogP contribution is 2.28. The van der Waals surface area contributed by atoms with Crippen molar-refractivity contribution in [2.24, 2.45) is 0 Å². The highest BCUT2D eigenvalue weighted by atomic mass is 35.5. The number of halogens is 3. The second-order valence-corrected chi connectivity index (χ2v) is 5.69. The van der Waals surface area contributed by atoms with Gasteiger partial charge in [0.1, 0.15) is 12.2 Å². The van der Waals surface area contributed by atoms with Crippen molar-refractivity contribution in [2.75, 3.05) is 32.8 Å². The Labute approximate surface area is 143 Å². The molecule has 0 aliphatic carbocycles. The highest BCUT2D eigenvalue weighted by molar-refractivity contribution is 6.31. The van der Waals surface area contributed by atoms with Gasteiger partial charge in [0, 0.05) is 26.2 Å². The molecule has 0 radical (unpaired) electrons. The van der Waals surface area contributed by atoms with E-state index in [1.807, 2.05) is 0 Å². The number of ether oxygens (including phenoxy) is 1. The van der Waals surface area contributed by atoms with Crippen LogP contribution < -0.4 is 0 Å². The number of carbonyl (C=O) groups is 2.